The van der Waals surface area contributed by atoms with Crippen molar-refractivity contribution in [2.45, 2.75) is 58.2 Å². The lowest BCUT2D eigenvalue weighted by molar-refractivity contribution is -0.127. The summed E-state index contributed by atoms with van der Waals surface area (Å²) in [5.41, 5.74) is 0. The van der Waals surface area contributed by atoms with Gasteiger partial charge in [0.25, 0.3) is 0 Å². The SMILES string of the molecule is CCCCCCCCC(=O)NCC(OC)OC. The molecule has 0 saturated carbocycles. The van der Waals surface area contributed by atoms with Crippen LogP contribution in [0.1, 0.15) is 51.9 Å². The summed E-state index contributed by atoms with van der Waals surface area (Å²) in [4.78, 5) is 11.4. The van der Waals surface area contributed by atoms with Crippen LogP contribution in [0.2, 0.25) is 0 Å². The maximum absolute atomic E-state index is 11.4. The lowest BCUT2D eigenvalue weighted by atomic mass is 10.1. The molecule has 1 amide bonds. The highest BCUT2D eigenvalue weighted by Gasteiger charge is 2.07. The van der Waals surface area contributed by atoms with Gasteiger partial charge < -0.3 is 14.8 Å². The van der Waals surface area contributed by atoms with E-state index in [1.54, 1.807) is 14.2 Å². The van der Waals surface area contributed by atoms with E-state index in [1.807, 2.05) is 0 Å². The lowest BCUT2D eigenvalue weighted by Gasteiger charge is -2.13. The zero-order valence-corrected chi connectivity index (χ0v) is 11.5. The second-order valence-electron chi connectivity index (χ2n) is 4.22. The summed E-state index contributed by atoms with van der Waals surface area (Å²) in [6.07, 6.45) is 7.46. The zero-order chi connectivity index (χ0) is 12.9. The Hall–Kier alpha value is -0.610. The second kappa shape index (κ2) is 11.9. The first-order chi connectivity index (χ1) is 8.24. The van der Waals surface area contributed by atoms with Gasteiger partial charge in [0.15, 0.2) is 6.29 Å². The van der Waals surface area contributed by atoms with E-state index < -0.39 is 0 Å². The minimum Gasteiger partial charge on any atom is -0.354 e. The molecule has 0 saturated heterocycles. The van der Waals surface area contributed by atoms with Gasteiger partial charge in [0.05, 0.1) is 6.54 Å². The third kappa shape index (κ3) is 10.3. The molecular weight excluding hydrogens is 218 g/mol. The van der Waals surface area contributed by atoms with Gasteiger partial charge in [0.2, 0.25) is 5.91 Å². The van der Waals surface area contributed by atoms with Gasteiger partial charge in [-0.05, 0) is 6.42 Å². The molecule has 0 aliphatic heterocycles. The van der Waals surface area contributed by atoms with Crippen molar-refractivity contribution < 1.29 is 14.3 Å². The number of amides is 1. The van der Waals surface area contributed by atoms with Crippen LogP contribution in [0.15, 0.2) is 0 Å². The molecule has 0 aliphatic carbocycles. The highest BCUT2D eigenvalue weighted by Crippen LogP contribution is 2.06. The first kappa shape index (κ1) is 16.4. The molecule has 0 heterocycles. The van der Waals surface area contributed by atoms with Crippen LogP contribution in [0.5, 0.6) is 0 Å². The number of carbonyl (C=O) groups is 1. The number of hydrogen-bond acceptors (Lipinski definition) is 3. The van der Waals surface area contributed by atoms with Gasteiger partial charge in [-0.3, -0.25) is 4.79 Å². The molecular formula is C13H27NO3. The maximum atomic E-state index is 11.4. The Morgan fingerprint density at radius 3 is 2.24 bits per heavy atom. The fourth-order valence-corrected chi connectivity index (χ4v) is 1.61. The molecule has 0 fully saturated rings. The van der Waals surface area contributed by atoms with E-state index in [-0.39, 0.29) is 12.2 Å². The summed E-state index contributed by atoms with van der Waals surface area (Å²) in [6.45, 7) is 2.62. The molecule has 0 rings (SSSR count). The minimum atomic E-state index is -0.344. The highest BCUT2D eigenvalue weighted by atomic mass is 16.7. The topological polar surface area (TPSA) is 47.6 Å². The summed E-state index contributed by atoms with van der Waals surface area (Å²) in [5.74, 6) is 0.0830. The quantitative estimate of drug-likeness (QED) is 0.449. The molecule has 0 radical (unpaired) electrons. The average molecular weight is 245 g/mol. The summed E-state index contributed by atoms with van der Waals surface area (Å²) in [7, 11) is 3.13. The molecule has 4 heteroatoms. The standard InChI is InChI=1S/C13H27NO3/c1-4-5-6-7-8-9-10-12(15)14-11-13(16-2)17-3/h13H,4-11H2,1-3H3,(H,14,15). The molecule has 0 aromatic carbocycles. The molecule has 4 nitrogen and oxygen atoms in total. The van der Waals surface area contributed by atoms with E-state index in [1.165, 1.54) is 25.7 Å². The number of ether oxygens (including phenoxy) is 2. The third-order valence-electron chi connectivity index (χ3n) is 2.75. The average Bonchev–Trinajstić information content (AvgIpc) is 2.35. The van der Waals surface area contributed by atoms with Crippen LogP contribution >= 0.6 is 0 Å². The summed E-state index contributed by atoms with van der Waals surface area (Å²) in [5, 5.41) is 2.80. The Bertz CT molecular complexity index is 182. The molecule has 0 aromatic rings. The van der Waals surface area contributed by atoms with Crippen molar-refractivity contribution >= 4 is 5.91 Å². The molecule has 0 unspecified atom stereocenters. The highest BCUT2D eigenvalue weighted by molar-refractivity contribution is 5.75. The van der Waals surface area contributed by atoms with Gasteiger partial charge in [0, 0.05) is 20.6 Å². The number of methoxy groups -OCH3 is 2. The fraction of sp³-hybridized carbons (Fsp3) is 0.923. The van der Waals surface area contributed by atoms with E-state index in [0.717, 1.165) is 12.8 Å². The molecule has 0 bridgehead atoms. The van der Waals surface area contributed by atoms with E-state index in [2.05, 4.69) is 12.2 Å². The Morgan fingerprint density at radius 1 is 1.06 bits per heavy atom. The Labute approximate surface area is 105 Å². The Balaban J connectivity index is 3.34. The van der Waals surface area contributed by atoms with Crippen molar-refractivity contribution in [2.75, 3.05) is 20.8 Å². The molecule has 0 aliphatic rings. The van der Waals surface area contributed by atoms with Gasteiger partial charge in [-0.2, -0.15) is 0 Å². The monoisotopic (exact) mass is 245 g/mol. The van der Waals surface area contributed by atoms with Crippen molar-refractivity contribution in [3.8, 4) is 0 Å². The fourth-order valence-electron chi connectivity index (χ4n) is 1.61. The predicted molar refractivity (Wildman–Crippen MR) is 68.8 cm³/mol. The van der Waals surface area contributed by atoms with E-state index in [0.29, 0.717) is 13.0 Å². The van der Waals surface area contributed by atoms with Gasteiger partial charge in [-0.25, -0.2) is 0 Å². The lowest BCUT2D eigenvalue weighted by Crippen LogP contribution is -2.33. The number of unbranched alkanes of at least 4 members (excludes halogenated alkanes) is 5. The van der Waals surface area contributed by atoms with Crippen LogP contribution in [-0.2, 0) is 14.3 Å². The minimum absolute atomic E-state index is 0.0830. The van der Waals surface area contributed by atoms with Crippen molar-refractivity contribution in [3.63, 3.8) is 0 Å². The van der Waals surface area contributed by atoms with Gasteiger partial charge >= 0.3 is 0 Å². The third-order valence-corrected chi connectivity index (χ3v) is 2.75. The van der Waals surface area contributed by atoms with Crippen molar-refractivity contribution in [3.05, 3.63) is 0 Å². The summed E-state index contributed by atoms with van der Waals surface area (Å²) < 4.78 is 9.97. The predicted octanol–water partition coefficient (Wildman–Crippen LogP) is 2.47. The Morgan fingerprint density at radius 2 is 1.65 bits per heavy atom. The van der Waals surface area contributed by atoms with Crippen LogP contribution in [0.3, 0.4) is 0 Å². The van der Waals surface area contributed by atoms with Gasteiger partial charge in [0.1, 0.15) is 0 Å². The zero-order valence-electron chi connectivity index (χ0n) is 11.5. The van der Waals surface area contributed by atoms with E-state index in [4.69, 9.17) is 9.47 Å². The first-order valence-corrected chi connectivity index (χ1v) is 6.56. The van der Waals surface area contributed by atoms with E-state index in [9.17, 15) is 4.79 Å². The van der Waals surface area contributed by atoms with Gasteiger partial charge in [-0.1, -0.05) is 39.0 Å². The number of rotatable bonds is 11. The maximum Gasteiger partial charge on any atom is 0.220 e. The van der Waals surface area contributed by atoms with Crippen LogP contribution in [-0.4, -0.2) is 33.0 Å². The molecule has 17 heavy (non-hydrogen) atoms. The number of hydrogen-bond donors (Lipinski definition) is 1. The molecule has 0 aromatic heterocycles. The number of carbonyl (C=O) groups excluding carboxylic acids is 1. The molecule has 0 atom stereocenters. The molecule has 102 valence electrons. The summed E-state index contributed by atoms with van der Waals surface area (Å²) in [6, 6.07) is 0. The van der Waals surface area contributed by atoms with Crippen molar-refractivity contribution in [1.82, 2.24) is 5.32 Å². The normalized spacial score (nSPS) is 10.8. The largest absolute Gasteiger partial charge is 0.354 e. The smallest absolute Gasteiger partial charge is 0.220 e. The Kier molecular flexibility index (Phi) is 11.4. The van der Waals surface area contributed by atoms with Gasteiger partial charge in [-0.15, -0.1) is 0 Å². The van der Waals surface area contributed by atoms with Crippen molar-refractivity contribution in [1.29, 1.82) is 0 Å². The van der Waals surface area contributed by atoms with E-state index >= 15 is 0 Å². The first-order valence-electron chi connectivity index (χ1n) is 6.56. The summed E-state index contributed by atoms with van der Waals surface area (Å²) >= 11 is 0. The van der Waals surface area contributed by atoms with Crippen LogP contribution < -0.4 is 5.32 Å². The van der Waals surface area contributed by atoms with Crippen LogP contribution in [0.4, 0.5) is 0 Å². The van der Waals surface area contributed by atoms with Crippen LogP contribution in [0, 0.1) is 0 Å². The number of nitrogens with one attached hydrogen (secondary N) is 1. The second-order valence-corrected chi connectivity index (χ2v) is 4.22. The van der Waals surface area contributed by atoms with Crippen molar-refractivity contribution in [2.24, 2.45) is 0 Å². The molecule has 0 spiro atoms. The molecule has 1 N–H and O–H groups in total. The van der Waals surface area contributed by atoms with Crippen LogP contribution in [0.25, 0.3) is 0 Å².